The van der Waals surface area contributed by atoms with Crippen molar-refractivity contribution in [1.82, 2.24) is 4.90 Å². The van der Waals surface area contributed by atoms with Gasteiger partial charge in [0.1, 0.15) is 5.84 Å². The van der Waals surface area contributed by atoms with Gasteiger partial charge in [-0.1, -0.05) is 23.7 Å². The van der Waals surface area contributed by atoms with Gasteiger partial charge in [-0.15, -0.1) is 0 Å². The van der Waals surface area contributed by atoms with Crippen LogP contribution in [0.4, 0.5) is 0 Å². The number of amidine groups is 1. The Morgan fingerprint density at radius 2 is 2.00 bits per heavy atom. The van der Waals surface area contributed by atoms with E-state index in [2.05, 4.69) is 4.90 Å². The van der Waals surface area contributed by atoms with Gasteiger partial charge in [0.25, 0.3) is 0 Å². The van der Waals surface area contributed by atoms with Crippen LogP contribution in [0.5, 0.6) is 0 Å². The first-order valence-corrected chi connectivity index (χ1v) is 6.69. The number of nitrogens with zero attached hydrogens (tertiary/aromatic N) is 2. The van der Waals surface area contributed by atoms with Crippen molar-refractivity contribution >= 4 is 23.1 Å². The minimum Gasteiger partial charge on any atom is -0.341 e. The molecule has 2 heterocycles. The summed E-state index contributed by atoms with van der Waals surface area (Å²) in [6.45, 7) is 1.02. The zero-order valence-corrected chi connectivity index (χ0v) is 10.9. The largest absolute Gasteiger partial charge is 0.341 e. The maximum atomic E-state index is 6.19. The summed E-state index contributed by atoms with van der Waals surface area (Å²) >= 11 is 5.90. The lowest BCUT2D eigenvalue weighted by Crippen LogP contribution is -2.48. The second-order valence-electron chi connectivity index (χ2n) is 4.73. The van der Waals surface area contributed by atoms with Crippen molar-refractivity contribution < 1.29 is 0 Å². The van der Waals surface area contributed by atoms with E-state index in [0.717, 1.165) is 35.1 Å². The van der Waals surface area contributed by atoms with Gasteiger partial charge < -0.3 is 10.6 Å². The summed E-state index contributed by atoms with van der Waals surface area (Å²) in [6.07, 6.45) is 5.41. The van der Waals surface area contributed by atoms with Gasteiger partial charge in [0.15, 0.2) is 0 Å². The summed E-state index contributed by atoms with van der Waals surface area (Å²) < 4.78 is 0. The number of benzene rings is 1. The van der Waals surface area contributed by atoms with Crippen LogP contribution in [-0.2, 0) is 0 Å². The van der Waals surface area contributed by atoms with Crippen molar-refractivity contribution in [3.63, 3.8) is 0 Å². The molecule has 3 nitrogen and oxygen atoms in total. The molecule has 18 heavy (non-hydrogen) atoms. The van der Waals surface area contributed by atoms with E-state index in [1.54, 1.807) is 0 Å². The van der Waals surface area contributed by atoms with Crippen molar-refractivity contribution in [3.05, 3.63) is 40.9 Å². The summed E-state index contributed by atoms with van der Waals surface area (Å²) in [7, 11) is 0. The third kappa shape index (κ3) is 2.16. The number of hydrogen-bond acceptors (Lipinski definition) is 3. The summed E-state index contributed by atoms with van der Waals surface area (Å²) in [5.41, 5.74) is 8.23. The molecule has 0 radical (unpaired) electrons. The molecule has 3 rings (SSSR count). The number of hydrogen-bond donors (Lipinski definition) is 1. The van der Waals surface area contributed by atoms with Crippen molar-refractivity contribution in [2.45, 2.75) is 25.4 Å². The molecule has 0 aliphatic carbocycles. The lowest BCUT2D eigenvalue weighted by atomic mass is 10.0. The molecule has 2 aliphatic rings. The van der Waals surface area contributed by atoms with Crippen molar-refractivity contribution in [3.8, 4) is 0 Å². The Bertz CT molecular complexity index is 504. The predicted octanol–water partition coefficient (Wildman–Crippen LogP) is 2.86. The van der Waals surface area contributed by atoms with E-state index in [-0.39, 0.29) is 6.17 Å². The van der Waals surface area contributed by atoms with Crippen LogP contribution in [0.3, 0.4) is 0 Å². The van der Waals surface area contributed by atoms with Gasteiger partial charge in [-0.3, -0.25) is 0 Å². The van der Waals surface area contributed by atoms with E-state index >= 15 is 0 Å². The highest BCUT2D eigenvalue weighted by Gasteiger charge is 2.25. The molecule has 1 saturated heterocycles. The van der Waals surface area contributed by atoms with Gasteiger partial charge in [-0.25, -0.2) is 4.99 Å². The third-order valence-corrected chi connectivity index (χ3v) is 3.71. The van der Waals surface area contributed by atoms with Gasteiger partial charge in [0.2, 0.25) is 0 Å². The van der Waals surface area contributed by atoms with Gasteiger partial charge >= 0.3 is 0 Å². The molecule has 1 atom stereocenters. The molecular formula is C14H16ClN3. The normalized spacial score (nSPS) is 23.2. The minimum absolute atomic E-state index is 0.0523. The number of piperidine rings is 1. The first kappa shape index (κ1) is 11.8. The monoisotopic (exact) mass is 261 g/mol. The number of halogens is 1. The first-order valence-electron chi connectivity index (χ1n) is 6.31. The van der Waals surface area contributed by atoms with E-state index in [1.807, 2.05) is 30.3 Å². The van der Waals surface area contributed by atoms with Crippen LogP contribution >= 0.6 is 11.6 Å². The lowest BCUT2D eigenvalue weighted by molar-refractivity contribution is 0.322. The van der Waals surface area contributed by atoms with Crippen LogP contribution < -0.4 is 5.73 Å². The molecule has 0 spiro atoms. The van der Waals surface area contributed by atoms with Crippen LogP contribution in [0.25, 0.3) is 5.70 Å². The van der Waals surface area contributed by atoms with Crippen LogP contribution in [0.2, 0.25) is 5.02 Å². The SMILES string of the molecule is NC1C=C(c2ccc(Cl)cc2)N=C2CCCCN21. The molecule has 1 aromatic carbocycles. The first-order chi connectivity index (χ1) is 8.74. The predicted molar refractivity (Wildman–Crippen MR) is 75.4 cm³/mol. The highest BCUT2D eigenvalue weighted by Crippen LogP contribution is 2.26. The zero-order chi connectivity index (χ0) is 12.5. The number of nitrogens with two attached hydrogens (primary N) is 1. The molecule has 2 aliphatic heterocycles. The molecule has 2 N–H and O–H groups in total. The van der Waals surface area contributed by atoms with E-state index in [1.165, 1.54) is 12.8 Å². The standard InChI is InChI=1S/C14H16ClN3/c15-11-6-4-10(5-7-11)12-9-13(16)18-8-2-1-3-14(18)17-12/h4-7,9,13H,1-3,8,16H2. The fourth-order valence-electron chi connectivity index (χ4n) is 2.49. The summed E-state index contributed by atoms with van der Waals surface area (Å²) in [5.74, 6) is 1.13. The Labute approximate surface area is 112 Å². The summed E-state index contributed by atoms with van der Waals surface area (Å²) in [6, 6.07) is 7.75. The zero-order valence-electron chi connectivity index (χ0n) is 10.1. The number of fused-ring (bicyclic) bond motifs is 1. The highest BCUT2D eigenvalue weighted by atomic mass is 35.5. The Hall–Kier alpha value is -1.32. The molecule has 0 aromatic heterocycles. The molecule has 0 saturated carbocycles. The molecule has 4 heteroatoms. The van der Waals surface area contributed by atoms with E-state index < -0.39 is 0 Å². The highest BCUT2D eigenvalue weighted by molar-refractivity contribution is 6.30. The topological polar surface area (TPSA) is 41.6 Å². The van der Waals surface area contributed by atoms with Gasteiger partial charge in [0, 0.05) is 23.6 Å². The van der Waals surface area contributed by atoms with E-state index in [0.29, 0.717) is 0 Å². The van der Waals surface area contributed by atoms with Gasteiger partial charge in [-0.2, -0.15) is 0 Å². The molecule has 1 fully saturated rings. The Morgan fingerprint density at radius 1 is 1.22 bits per heavy atom. The number of aliphatic imine (C=N–C) groups is 1. The molecular weight excluding hydrogens is 246 g/mol. The molecule has 0 bridgehead atoms. The maximum absolute atomic E-state index is 6.19. The van der Waals surface area contributed by atoms with Gasteiger partial charge in [0.05, 0.1) is 11.9 Å². The smallest absolute Gasteiger partial charge is 0.106 e. The quantitative estimate of drug-likeness (QED) is 0.845. The molecule has 0 amide bonds. The fourth-order valence-corrected chi connectivity index (χ4v) is 2.61. The van der Waals surface area contributed by atoms with Crippen LogP contribution in [0.15, 0.2) is 35.3 Å². The third-order valence-electron chi connectivity index (χ3n) is 3.46. The second-order valence-corrected chi connectivity index (χ2v) is 5.16. The molecule has 1 unspecified atom stereocenters. The number of rotatable bonds is 1. The van der Waals surface area contributed by atoms with E-state index in [9.17, 15) is 0 Å². The van der Waals surface area contributed by atoms with Crippen LogP contribution in [0.1, 0.15) is 24.8 Å². The Morgan fingerprint density at radius 3 is 2.78 bits per heavy atom. The van der Waals surface area contributed by atoms with Crippen molar-refractivity contribution in [2.24, 2.45) is 10.7 Å². The summed E-state index contributed by atoms with van der Waals surface area (Å²) in [5, 5.41) is 0.742. The maximum Gasteiger partial charge on any atom is 0.106 e. The molecule has 94 valence electrons. The Kier molecular flexibility index (Phi) is 3.10. The Balaban J connectivity index is 1.93. The molecule has 1 aromatic rings. The minimum atomic E-state index is -0.0523. The van der Waals surface area contributed by atoms with Crippen LogP contribution in [0, 0.1) is 0 Å². The van der Waals surface area contributed by atoms with Crippen LogP contribution in [-0.4, -0.2) is 23.4 Å². The fraction of sp³-hybridized carbons (Fsp3) is 0.357. The van der Waals surface area contributed by atoms with Crippen molar-refractivity contribution in [2.75, 3.05) is 6.54 Å². The lowest BCUT2D eigenvalue weighted by Gasteiger charge is -2.36. The average Bonchev–Trinajstić information content (AvgIpc) is 2.39. The van der Waals surface area contributed by atoms with E-state index in [4.69, 9.17) is 22.3 Å². The average molecular weight is 262 g/mol. The second kappa shape index (κ2) is 4.75. The van der Waals surface area contributed by atoms with Crippen molar-refractivity contribution in [1.29, 1.82) is 0 Å². The summed E-state index contributed by atoms with van der Waals surface area (Å²) in [4.78, 5) is 6.93. The van der Waals surface area contributed by atoms with Gasteiger partial charge in [-0.05, 0) is 31.1 Å².